The van der Waals surface area contributed by atoms with Crippen molar-refractivity contribution < 1.29 is 13.2 Å². The summed E-state index contributed by atoms with van der Waals surface area (Å²) >= 11 is 3.24. The van der Waals surface area contributed by atoms with Crippen LogP contribution in [0.1, 0.15) is 0 Å². The minimum atomic E-state index is -3.70. The van der Waals surface area contributed by atoms with Gasteiger partial charge in [-0.3, -0.25) is 4.72 Å². The van der Waals surface area contributed by atoms with Gasteiger partial charge in [0.05, 0.1) is 23.4 Å². The number of halogens is 1. The Morgan fingerprint density at radius 1 is 1.20 bits per heavy atom. The molecule has 0 heterocycles. The van der Waals surface area contributed by atoms with Crippen LogP contribution in [0.25, 0.3) is 0 Å². The Morgan fingerprint density at radius 2 is 1.95 bits per heavy atom. The van der Waals surface area contributed by atoms with Crippen LogP contribution >= 0.6 is 15.9 Å². The first-order valence-electron chi connectivity index (χ1n) is 5.64. The third-order valence-corrected chi connectivity index (χ3v) is 4.47. The summed E-state index contributed by atoms with van der Waals surface area (Å²) in [6.07, 6.45) is 0. The molecule has 0 aliphatic carbocycles. The number of nitrogen functional groups attached to an aromatic ring is 1. The first-order valence-corrected chi connectivity index (χ1v) is 7.92. The SMILES string of the molecule is COc1ccc(N)c(NS(=O)(=O)c2cccc(Br)c2)c1. The van der Waals surface area contributed by atoms with E-state index in [1.54, 1.807) is 24.3 Å². The van der Waals surface area contributed by atoms with Gasteiger partial charge in [-0.25, -0.2) is 8.42 Å². The maximum atomic E-state index is 12.3. The molecule has 0 amide bonds. The van der Waals surface area contributed by atoms with E-state index in [2.05, 4.69) is 20.7 Å². The van der Waals surface area contributed by atoms with E-state index in [4.69, 9.17) is 10.5 Å². The molecule has 2 aromatic rings. The number of rotatable bonds is 4. The van der Waals surface area contributed by atoms with E-state index < -0.39 is 10.0 Å². The summed E-state index contributed by atoms with van der Waals surface area (Å²) in [5.41, 5.74) is 6.37. The molecule has 0 bridgehead atoms. The van der Waals surface area contributed by atoms with Gasteiger partial charge in [0.2, 0.25) is 0 Å². The third kappa shape index (κ3) is 3.23. The lowest BCUT2D eigenvalue weighted by Crippen LogP contribution is -2.14. The highest BCUT2D eigenvalue weighted by molar-refractivity contribution is 9.10. The molecule has 5 nitrogen and oxygen atoms in total. The predicted octanol–water partition coefficient (Wildman–Crippen LogP) is 2.84. The van der Waals surface area contributed by atoms with Crippen LogP contribution in [-0.4, -0.2) is 15.5 Å². The molecule has 0 atom stereocenters. The van der Waals surface area contributed by atoms with E-state index in [0.717, 1.165) is 0 Å². The summed E-state index contributed by atoms with van der Waals surface area (Å²) in [6.45, 7) is 0. The number of hydrogen-bond acceptors (Lipinski definition) is 4. The molecular formula is C13H13BrN2O3S. The summed E-state index contributed by atoms with van der Waals surface area (Å²) in [6, 6.07) is 11.2. The van der Waals surface area contributed by atoms with Crippen LogP contribution in [0.5, 0.6) is 5.75 Å². The van der Waals surface area contributed by atoms with Crippen LogP contribution < -0.4 is 15.2 Å². The number of nitrogens with two attached hydrogens (primary N) is 1. The van der Waals surface area contributed by atoms with Crippen LogP contribution in [-0.2, 0) is 10.0 Å². The Morgan fingerprint density at radius 3 is 2.60 bits per heavy atom. The van der Waals surface area contributed by atoms with Crippen molar-refractivity contribution in [3.63, 3.8) is 0 Å². The van der Waals surface area contributed by atoms with Gasteiger partial charge in [-0.05, 0) is 30.3 Å². The van der Waals surface area contributed by atoms with Crippen molar-refractivity contribution in [3.05, 3.63) is 46.9 Å². The molecule has 20 heavy (non-hydrogen) atoms. The molecule has 2 rings (SSSR count). The molecule has 0 radical (unpaired) electrons. The van der Waals surface area contributed by atoms with Gasteiger partial charge in [0.25, 0.3) is 10.0 Å². The quantitative estimate of drug-likeness (QED) is 0.825. The zero-order valence-corrected chi connectivity index (χ0v) is 13.0. The summed E-state index contributed by atoms with van der Waals surface area (Å²) in [4.78, 5) is 0.147. The molecule has 106 valence electrons. The highest BCUT2D eigenvalue weighted by atomic mass is 79.9. The molecular weight excluding hydrogens is 344 g/mol. The van der Waals surface area contributed by atoms with Crippen molar-refractivity contribution in [3.8, 4) is 5.75 Å². The van der Waals surface area contributed by atoms with Gasteiger partial charge in [-0.2, -0.15) is 0 Å². The fourth-order valence-electron chi connectivity index (χ4n) is 1.59. The molecule has 0 fully saturated rings. The number of ether oxygens (including phenoxy) is 1. The van der Waals surface area contributed by atoms with Crippen molar-refractivity contribution in [2.75, 3.05) is 17.6 Å². The molecule has 3 N–H and O–H groups in total. The molecule has 2 aromatic carbocycles. The second-order valence-electron chi connectivity index (χ2n) is 4.02. The van der Waals surface area contributed by atoms with E-state index in [9.17, 15) is 8.42 Å². The van der Waals surface area contributed by atoms with Gasteiger partial charge in [0.1, 0.15) is 5.75 Å². The molecule has 0 saturated carbocycles. The maximum Gasteiger partial charge on any atom is 0.262 e. The van der Waals surface area contributed by atoms with E-state index in [1.807, 2.05) is 0 Å². The second-order valence-corrected chi connectivity index (χ2v) is 6.61. The standard InChI is InChI=1S/C13H13BrN2O3S/c1-19-10-5-6-12(15)13(8-10)16-20(17,18)11-4-2-3-9(14)7-11/h2-8,16H,15H2,1H3. The molecule has 0 unspecified atom stereocenters. The Kier molecular flexibility index (Phi) is 4.20. The largest absolute Gasteiger partial charge is 0.497 e. The van der Waals surface area contributed by atoms with Crippen molar-refractivity contribution in [2.24, 2.45) is 0 Å². The zero-order valence-electron chi connectivity index (χ0n) is 10.6. The summed E-state index contributed by atoms with van der Waals surface area (Å²) in [5, 5.41) is 0. The van der Waals surface area contributed by atoms with Gasteiger partial charge < -0.3 is 10.5 Å². The predicted molar refractivity (Wildman–Crippen MR) is 82.4 cm³/mol. The first-order chi connectivity index (χ1) is 9.42. The van der Waals surface area contributed by atoms with Crippen LogP contribution in [0.3, 0.4) is 0 Å². The normalized spacial score (nSPS) is 11.1. The number of benzene rings is 2. The molecule has 0 aromatic heterocycles. The second kappa shape index (κ2) is 5.72. The fourth-order valence-corrected chi connectivity index (χ4v) is 3.26. The topological polar surface area (TPSA) is 81.4 Å². The third-order valence-electron chi connectivity index (χ3n) is 2.61. The van der Waals surface area contributed by atoms with E-state index in [1.165, 1.54) is 25.3 Å². The fraction of sp³-hybridized carbons (Fsp3) is 0.0769. The molecule has 0 aliphatic heterocycles. The van der Waals surface area contributed by atoms with Gasteiger partial charge >= 0.3 is 0 Å². The number of anilines is 2. The Hall–Kier alpha value is -1.73. The zero-order chi connectivity index (χ0) is 14.8. The van der Waals surface area contributed by atoms with Crippen molar-refractivity contribution >= 4 is 37.3 Å². The summed E-state index contributed by atoms with van der Waals surface area (Å²) < 4.78 is 32.7. The van der Waals surface area contributed by atoms with Gasteiger partial charge in [-0.15, -0.1) is 0 Å². The van der Waals surface area contributed by atoms with Gasteiger partial charge in [-0.1, -0.05) is 22.0 Å². The highest BCUT2D eigenvalue weighted by Crippen LogP contribution is 2.27. The van der Waals surface area contributed by atoms with Crippen molar-refractivity contribution in [1.82, 2.24) is 0 Å². The minimum Gasteiger partial charge on any atom is -0.497 e. The lowest BCUT2D eigenvalue weighted by Gasteiger charge is -2.11. The van der Waals surface area contributed by atoms with Gasteiger partial charge in [0.15, 0.2) is 0 Å². The van der Waals surface area contributed by atoms with Crippen LogP contribution in [0.2, 0.25) is 0 Å². The minimum absolute atomic E-state index is 0.147. The average molecular weight is 357 g/mol. The van der Waals surface area contributed by atoms with E-state index >= 15 is 0 Å². The molecule has 7 heteroatoms. The van der Waals surface area contributed by atoms with Crippen LogP contribution in [0, 0.1) is 0 Å². The summed E-state index contributed by atoms with van der Waals surface area (Å²) in [7, 11) is -2.20. The van der Waals surface area contributed by atoms with Crippen LogP contribution in [0.15, 0.2) is 51.8 Å². The highest BCUT2D eigenvalue weighted by Gasteiger charge is 2.16. The molecule has 0 spiro atoms. The van der Waals surface area contributed by atoms with Crippen molar-refractivity contribution in [1.29, 1.82) is 0 Å². The van der Waals surface area contributed by atoms with Gasteiger partial charge in [0, 0.05) is 10.5 Å². The molecule has 0 saturated heterocycles. The van der Waals surface area contributed by atoms with Crippen molar-refractivity contribution in [2.45, 2.75) is 4.90 Å². The number of hydrogen-bond donors (Lipinski definition) is 2. The maximum absolute atomic E-state index is 12.3. The number of sulfonamides is 1. The van der Waals surface area contributed by atoms with E-state index in [0.29, 0.717) is 15.9 Å². The monoisotopic (exact) mass is 356 g/mol. The Labute approximate surface area is 125 Å². The van der Waals surface area contributed by atoms with E-state index in [-0.39, 0.29) is 10.6 Å². The first kappa shape index (κ1) is 14.7. The Balaban J connectivity index is 2.38. The number of nitrogens with one attached hydrogen (secondary N) is 1. The smallest absolute Gasteiger partial charge is 0.262 e. The number of methoxy groups -OCH3 is 1. The lowest BCUT2D eigenvalue weighted by atomic mass is 10.2. The lowest BCUT2D eigenvalue weighted by molar-refractivity contribution is 0.415. The Bertz CT molecular complexity index is 732. The summed E-state index contributed by atoms with van der Waals surface area (Å²) in [5.74, 6) is 0.520. The average Bonchev–Trinajstić information content (AvgIpc) is 2.41. The van der Waals surface area contributed by atoms with Crippen LogP contribution in [0.4, 0.5) is 11.4 Å². The molecule has 0 aliphatic rings.